The fraction of sp³-hybridized carbons (Fsp3) is 0. The molecule has 1 radical (unpaired) electrons. The number of hydrogen-bond acceptors (Lipinski definition) is 1. The lowest BCUT2D eigenvalue weighted by Gasteiger charge is -2.02. The van der Waals surface area contributed by atoms with E-state index in [4.69, 9.17) is 4.42 Å². The summed E-state index contributed by atoms with van der Waals surface area (Å²) in [6, 6.07) is 11.7. The highest BCUT2D eigenvalue weighted by atomic mass is 16.3. The molecule has 1 aromatic heterocycles. The van der Waals surface area contributed by atoms with Gasteiger partial charge < -0.3 is 4.42 Å². The third-order valence-electron chi connectivity index (χ3n) is 2.12. The SMILES string of the molecule is [CH2]c1ccc(C(=C)c2ccco2)cc1. The highest BCUT2D eigenvalue weighted by Gasteiger charge is 2.03. The van der Waals surface area contributed by atoms with Gasteiger partial charge in [-0.05, 0) is 30.2 Å². The summed E-state index contributed by atoms with van der Waals surface area (Å²) < 4.78 is 5.26. The van der Waals surface area contributed by atoms with Crippen LogP contribution < -0.4 is 0 Å². The quantitative estimate of drug-likeness (QED) is 0.694. The second kappa shape index (κ2) is 3.54. The van der Waals surface area contributed by atoms with Crippen molar-refractivity contribution in [1.29, 1.82) is 0 Å². The number of furan rings is 1. The van der Waals surface area contributed by atoms with Gasteiger partial charge in [-0.25, -0.2) is 0 Å². The van der Waals surface area contributed by atoms with Crippen molar-refractivity contribution in [3.05, 3.63) is 73.1 Å². The Balaban J connectivity index is 2.33. The number of rotatable bonds is 2. The van der Waals surface area contributed by atoms with Crippen molar-refractivity contribution in [2.75, 3.05) is 0 Å². The van der Waals surface area contributed by atoms with Crippen LogP contribution in [-0.4, -0.2) is 0 Å². The summed E-state index contributed by atoms with van der Waals surface area (Å²) in [5.41, 5.74) is 2.96. The molecule has 0 fully saturated rings. The number of hydrogen-bond donors (Lipinski definition) is 0. The molecule has 0 atom stereocenters. The van der Waals surface area contributed by atoms with Crippen LogP contribution in [0.3, 0.4) is 0 Å². The molecule has 0 aliphatic rings. The monoisotopic (exact) mass is 183 g/mol. The molecule has 1 heteroatoms. The van der Waals surface area contributed by atoms with Crippen LogP contribution in [0.5, 0.6) is 0 Å². The third-order valence-corrected chi connectivity index (χ3v) is 2.12. The van der Waals surface area contributed by atoms with Gasteiger partial charge in [-0.3, -0.25) is 0 Å². The zero-order valence-corrected chi connectivity index (χ0v) is 7.86. The fourth-order valence-electron chi connectivity index (χ4n) is 1.30. The van der Waals surface area contributed by atoms with Crippen LogP contribution in [0, 0.1) is 6.92 Å². The van der Waals surface area contributed by atoms with Gasteiger partial charge in [0.1, 0.15) is 5.76 Å². The molecule has 69 valence electrons. The Morgan fingerprint density at radius 3 is 2.36 bits per heavy atom. The van der Waals surface area contributed by atoms with Gasteiger partial charge in [0.05, 0.1) is 6.26 Å². The number of benzene rings is 1. The van der Waals surface area contributed by atoms with Crippen molar-refractivity contribution in [3.8, 4) is 0 Å². The molecule has 0 bridgehead atoms. The molecule has 0 spiro atoms. The maximum Gasteiger partial charge on any atom is 0.133 e. The van der Waals surface area contributed by atoms with E-state index in [0.29, 0.717) is 0 Å². The maximum absolute atomic E-state index is 5.26. The van der Waals surface area contributed by atoms with Crippen molar-refractivity contribution in [1.82, 2.24) is 0 Å². The minimum Gasteiger partial charge on any atom is -0.464 e. The van der Waals surface area contributed by atoms with Crippen LogP contribution in [0.25, 0.3) is 5.57 Å². The maximum atomic E-state index is 5.26. The summed E-state index contributed by atoms with van der Waals surface area (Å²) in [5, 5.41) is 0. The molecule has 0 saturated heterocycles. The van der Waals surface area contributed by atoms with Gasteiger partial charge in [0.2, 0.25) is 0 Å². The Morgan fingerprint density at radius 2 is 1.79 bits per heavy atom. The molecule has 0 aliphatic heterocycles. The van der Waals surface area contributed by atoms with Crippen molar-refractivity contribution in [3.63, 3.8) is 0 Å². The molecule has 1 nitrogen and oxygen atoms in total. The average molecular weight is 183 g/mol. The van der Waals surface area contributed by atoms with Gasteiger partial charge in [-0.2, -0.15) is 0 Å². The van der Waals surface area contributed by atoms with Gasteiger partial charge in [0.15, 0.2) is 0 Å². The van der Waals surface area contributed by atoms with Crippen molar-refractivity contribution in [2.24, 2.45) is 0 Å². The topological polar surface area (TPSA) is 13.1 Å². The Bertz CT molecular complexity index is 421. The molecule has 0 aliphatic carbocycles. The molecule has 0 unspecified atom stereocenters. The van der Waals surface area contributed by atoms with E-state index in [9.17, 15) is 0 Å². The normalized spacial score (nSPS) is 10.1. The van der Waals surface area contributed by atoms with Crippen LogP contribution in [0.15, 0.2) is 53.7 Å². The summed E-state index contributed by atoms with van der Waals surface area (Å²) in [4.78, 5) is 0. The van der Waals surface area contributed by atoms with Gasteiger partial charge in [0.25, 0.3) is 0 Å². The molecular weight excluding hydrogens is 172 g/mol. The lowest BCUT2D eigenvalue weighted by atomic mass is 10.0. The van der Waals surface area contributed by atoms with Crippen LogP contribution in [0.1, 0.15) is 16.9 Å². The zero-order valence-electron chi connectivity index (χ0n) is 7.86. The molecule has 14 heavy (non-hydrogen) atoms. The van der Waals surface area contributed by atoms with E-state index in [-0.39, 0.29) is 0 Å². The molecule has 1 aromatic carbocycles. The van der Waals surface area contributed by atoms with Gasteiger partial charge >= 0.3 is 0 Å². The molecule has 2 rings (SSSR count). The summed E-state index contributed by atoms with van der Waals surface area (Å²) in [7, 11) is 0. The first-order valence-electron chi connectivity index (χ1n) is 4.42. The predicted octanol–water partition coefficient (Wildman–Crippen LogP) is 3.52. The Kier molecular flexibility index (Phi) is 2.23. The van der Waals surface area contributed by atoms with E-state index < -0.39 is 0 Å². The lowest BCUT2D eigenvalue weighted by Crippen LogP contribution is -1.83. The molecule has 0 amide bonds. The smallest absolute Gasteiger partial charge is 0.133 e. The second-order valence-electron chi connectivity index (χ2n) is 3.15. The second-order valence-corrected chi connectivity index (χ2v) is 3.15. The van der Waals surface area contributed by atoms with E-state index in [1.165, 1.54) is 0 Å². The first kappa shape index (κ1) is 8.82. The standard InChI is InChI=1S/C13H11O/c1-10-5-7-12(8-6-10)11(2)13-4-3-9-14-13/h3-9H,1-2H2. The van der Waals surface area contributed by atoms with Crippen LogP contribution >= 0.6 is 0 Å². The van der Waals surface area contributed by atoms with Crippen molar-refractivity contribution < 1.29 is 4.42 Å². The largest absolute Gasteiger partial charge is 0.464 e. The van der Waals surface area contributed by atoms with Crippen molar-refractivity contribution in [2.45, 2.75) is 0 Å². The summed E-state index contributed by atoms with van der Waals surface area (Å²) >= 11 is 0. The summed E-state index contributed by atoms with van der Waals surface area (Å²) in [6.07, 6.45) is 1.65. The molecule has 1 heterocycles. The minimum absolute atomic E-state index is 0.807. The average Bonchev–Trinajstić information content (AvgIpc) is 2.71. The highest BCUT2D eigenvalue weighted by molar-refractivity contribution is 5.75. The summed E-state index contributed by atoms with van der Waals surface area (Å²) in [5.74, 6) is 0.807. The molecule has 2 aromatic rings. The predicted molar refractivity (Wildman–Crippen MR) is 57.7 cm³/mol. The van der Waals surface area contributed by atoms with E-state index in [0.717, 1.165) is 22.5 Å². The third kappa shape index (κ3) is 1.62. The first-order valence-corrected chi connectivity index (χ1v) is 4.42. The van der Waals surface area contributed by atoms with Crippen LogP contribution in [-0.2, 0) is 0 Å². The lowest BCUT2D eigenvalue weighted by molar-refractivity contribution is 0.554. The van der Waals surface area contributed by atoms with E-state index in [1.807, 2.05) is 36.4 Å². The first-order chi connectivity index (χ1) is 6.77. The van der Waals surface area contributed by atoms with Crippen LogP contribution in [0.2, 0.25) is 0 Å². The van der Waals surface area contributed by atoms with Gasteiger partial charge in [-0.1, -0.05) is 30.8 Å². The van der Waals surface area contributed by atoms with Crippen molar-refractivity contribution >= 4 is 5.57 Å². The van der Waals surface area contributed by atoms with Gasteiger partial charge in [0, 0.05) is 5.57 Å². The molecule has 0 N–H and O–H groups in total. The van der Waals surface area contributed by atoms with Gasteiger partial charge in [-0.15, -0.1) is 0 Å². The zero-order chi connectivity index (χ0) is 9.97. The fourth-order valence-corrected chi connectivity index (χ4v) is 1.30. The van der Waals surface area contributed by atoms with E-state index in [1.54, 1.807) is 6.26 Å². The highest BCUT2D eigenvalue weighted by Crippen LogP contribution is 2.21. The molecular formula is C13H11O. The van der Waals surface area contributed by atoms with E-state index in [2.05, 4.69) is 13.5 Å². The Morgan fingerprint density at radius 1 is 1.07 bits per heavy atom. The summed E-state index contributed by atoms with van der Waals surface area (Å²) in [6.45, 7) is 7.81. The molecule has 0 saturated carbocycles. The Labute approximate surface area is 83.7 Å². The Hall–Kier alpha value is -1.76. The van der Waals surface area contributed by atoms with E-state index >= 15 is 0 Å². The van der Waals surface area contributed by atoms with Crippen LogP contribution in [0.4, 0.5) is 0 Å². The minimum atomic E-state index is 0.807.